The summed E-state index contributed by atoms with van der Waals surface area (Å²) in [5.41, 5.74) is 1.29. The van der Waals surface area contributed by atoms with Gasteiger partial charge in [-0.25, -0.2) is 0 Å². The van der Waals surface area contributed by atoms with Gasteiger partial charge in [0.15, 0.2) is 5.96 Å². The summed E-state index contributed by atoms with van der Waals surface area (Å²) < 4.78 is 5.26. The first-order valence-corrected chi connectivity index (χ1v) is 11.6. The number of hydrogen-bond donors (Lipinski definition) is 2. The van der Waals surface area contributed by atoms with Crippen LogP contribution in [-0.4, -0.2) is 95.4 Å². The summed E-state index contributed by atoms with van der Waals surface area (Å²) in [5.74, 6) is 1.84. The van der Waals surface area contributed by atoms with E-state index < -0.39 is 0 Å². The van der Waals surface area contributed by atoms with Gasteiger partial charge in [-0.1, -0.05) is 6.42 Å². The minimum absolute atomic E-state index is 0.917. The molecule has 0 spiro atoms. The molecule has 0 aromatic heterocycles. The van der Waals surface area contributed by atoms with E-state index >= 15 is 0 Å². The van der Waals surface area contributed by atoms with E-state index in [0.29, 0.717) is 0 Å². The number of ether oxygens (including phenoxy) is 1. The van der Waals surface area contributed by atoms with Gasteiger partial charge in [0.2, 0.25) is 0 Å². The second-order valence-electron chi connectivity index (χ2n) is 8.21. The van der Waals surface area contributed by atoms with Gasteiger partial charge in [-0.15, -0.1) is 0 Å². The molecule has 3 rings (SSSR count). The molecule has 0 radical (unpaired) electrons. The molecule has 7 nitrogen and oxygen atoms in total. The van der Waals surface area contributed by atoms with Crippen LogP contribution >= 0.6 is 0 Å². The Morgan fingerprint density at radius 1 is 0.867 bits per heavy atom. The van der Waals surface area contributed by atoms with Gasteiger partial charge in [0.25, 0.3) is 0 Å². The molecule has 2 aliphatic rings. The lowest BCUT2D eigenvalue weighted by atomic mass is 10.1. The van der Waals surface area contributed by atoms with Crippen LogP contribution in [0.25, 0.3) is 0 Å². The SMILES string of the molecule is CN=C(NCCCN1CCN(c2ccc(OC)cc2)CC1)NCCN1CCCCC1. The number of benzene rings is 1. The molecule has 7 heteroatoms. The maximum Gasteiger partial charge on any atom is 0.191 e. The van der Waals surface area contributed by atoms with Crippen molar-refractivity contribution in [3.05, 3.63) is 24.3 Å². The van der Waals surface area contributed by atoms with E-state index in [2.05, 4.69) is 42.5 Å². The number of piperazine rings is 1. The minimum atomic E-state index is 0.917. The monoisotopic (exact) mass is 416 g/mol. The zero-order valence-corrected chi connectivity index (χ0v) is 18.9. The normalized spacial score (nSPS) is 19.0. The number of guanidine groups is 1. The maximum absolute atomic E-state index is 5.26. The standard InChI is InChI=1S/C23H40N6O/c1-24-23(26-12-16-27-13-4-3-5-14-27)25-11-6-15-28-17-19-29(20-18-28)21-7-9-22(30-2)10-8-21/h7-10H,3-6,11-20H2,1-2H3,(H2,24,25,26). The maximum atomic E-state index is 5.26. The van der Waals surface area contributed by atoms with Crippen molar-refractivity contribution in [2.75, 3.05) is 84.5 Å². The average Bonchev–Trinajstić information content (AvgIpc) is 2.82. The predicted molar refractivity (Wildman–Crippen MR) is 126 cm³/mol. The summed E-state index contributed by atoms with van der Waals surface area (Å²) in [5, 5.41) is 6.92. The summed E-state index contributed by atoms with van der Waals surface area (Å²) >= 11 is 0. The molecule has 1 aromatic rings. The van der Waals surface area contributed by atoms with Crippen LogP contribution in [0, 0.1) is 0 Å². The van der Waals surface area contributed by atoms with Gasteiger partial charge in [0, 0.05) is 58.5 Å². The third kappa shape index (κ3) is 7.36. The summed E-state index contributed by atoms with van der Waals surface area (Å²) in [6, 6.07) is 8.40. The van der Waals surface area contributed by atoms with Crippen LogP contribution in [0.4, 0.5) is 5.69 Å². The fraction of sp³-hybridized carbons (Fsp3) is 0.696. The molecule has 2 aliphatic heterocycles. The smallest absolute Gasteiger partial charge is 0.191 e. The van der Waals surface area contributed by atoms with E-state index in [4.69, 9.17) is 4.74 Å². The zero-order valence-electron chi connectivity index (χ0n) is 18.9. The molecule has 0 bridgehead atoms. The quantitative estimate of drug-likeness (QED) is 0.364. The number of nitrogens with zero attached hydrogens (tertiary/aromatic N) is 4. The van der Waals surface area contributed by atoms with Gasteiger partial charge in [-0.05, 0) is 63.2 Å². The highest BCUT2D eigenvalue weighted by Crippen LogP contribution is 2.20. The Balaban J connectivity index is 1.25. The number of likely N-dealkylation sites (tertiary alicyclic amines) is 1. The highest BCUT2D eigenvalue weighted by atomic mass is 16.5. The Kier molecular flexibility index (Phi) is 9.57. The van der Waals surface area contributed by atoms with Crippen LogP contribution in [0.5, 0.6) is 5.75 Å². The van der Waals surface area contributed by atoms with Crippen molar-refractivity contribution in [1.82, 2.24) is 20.4 Å². The first-order chi connectivity index (χ1) is 14.8. The lowest BCUT2D eigenvalue weighted by molar-refractivity contribution is 0.232. The van der Waals surface area contributed by atoms with Crippen LogP contribution in [0.1, 0.15) is 25.7 Å². The zero-order chi connectivity index (χ0) is 21.0. The van der Waals surface area contributed by atoms with Crippen molar-refractivity contribution < 1.29 is 4.74 Å². The number of rotatable bonds is 9. The van der Waals surface area contributed by atoms with E-state index in [9.17, 15) is 0 Å². The van der Waals surface area contributed by atoms with Crippen molar-refractivity contribution in [2.24, 2.45) is 4.99 Å². The van der Waals surface area contributed by atoms with Crippen molar-refractivity contribution in [1.29, 1.82) is 0 Å². The summed E-state index contributed by atoms with van der Waals surface area (Å²) in [7, 11) is 3.57. The molecule has 0 atom stereocenters. The Morgan fingerprint density at radius 3 is 2.20 bits per heavy atom. The topological polar surface area (TPSA) is 55.4 Å². The van der Waals surface area contributed by atoms with Gasteiger partial charge in [0.05, 0.1) is 7.11 Å². The van der Waals surface area contributed by atoms with Crippen LogP contribution in [0.3, 0.4) is 0 Å². The highest BCUT2D eigenvalue weighted by Gasteiger charge is 2.17. The Morgan fingerprint density at radius 2 is 1.53 bits per heavy atom. The van der Waals surface area contributed by atoms with Gasteiger partial charge in [-0.3, -0.25) is 9.89 Å². The third-order valence-corrected chi connectivity index (χ3v) is 6.15. The third-order valence-electron chi connectivity index (χ3n) is 6.15. The van der Waals surface area contributed by atoms with Crippen molar-refractivity contribution >= 4 is 11.6 Å². The number of hydrogen-bond acceptors (Lipinski definition) is 5. The highest BCUT2D eigenvalue weighted by molar-refractivity contribution is 5.79. The summed E-state index contributed by atoms with van der Waals surface area (Å²) in [4.78, 5) is 11.9. The first-order valence-electron chi connectivity index (χ1n) is 11.6. The van der Waals surface area contributed by atoms with E-state index in [-0.39, 0.29) is 0 Å². The molecule has 30 heavy (non-hydrogen) atoms. The summed E-state index contributed by atoms with van der Waals surface area (Å²) in [6.07, 6.45) is 5.22. The van der Waals surface area contributed by atoms with Crippen LogP contribution < -0.4 is 20.3 Å². The first kappa shape index (κ1) is 22.7. The van der Waals surface area contributed by atoms with Gasteiger partial charge in [-0.2, -0.15) is 0 Å². The second-order valence-corrected chi connectivity index (χ2v) is 8.21. The van der Waals surface area contributed by atoms with E-state index in [1.807, 2.05) is 19.2 Å². The Hall–Kier alpha value is -1.99. The number of nitrogens with one attached hydrogen (secondary N) is 2. The molecule has 0 unspecified atom stereocenters. The van der Waals surface area contributed by atoms with E-state index in [0.717, 1.165) is 70.5 Å². The van der Waals surface area contributed by atoms with Gasteiger partial charge < -0.3 is 25.2 Å². The predicted octanol–water partition coefficient (Wildman–Crippen LogP) is 1.86. The van der Waals surface area contributed by atoms with Crippen molar-refractivity contribution in [3.8, 4) is 5.75 Å². The average molecular weight is 417 g/mol. The molecule has 2 saturated heterocycles. The largest absolute Gasteiger partial charge is 0.497 e. The van der Waals surface area contributed by atoms with Gasteiger partial charge >= 0.3 is 0 Å². The molecule has 2 N–H and O–H groups in total. The Bertz CT molecular complexity index is 621. The number of aliphatic imine (C=N–C) groups is 1. The summed E-state index contributed by atoms with van der Waals surface area (Å²) in [6.45, 7) is 11.1. The minimum Gasteiger partial charge on any atom is -0.497 e. The molecular weight excluding hydrogens is 376 g/mol. The van der Waals surface area contributed by atoms with Crippen molar-refractivity contribution in [3.63, 3.8) is 0 Å². The lowest BCUT2D eigenvalue weighted by Crippen LogP contribution is -2.47. The van der Waals surface area contributed by atoms with Gasteiger partial charge in [0.1, 0.15) is 5.75 Å². The number of piperidine rings is 1. The van der Waals surface area contributed by atoms with Crippen molar-refractivity contribution in [2.45, 2.75) is 25.7 Å². The second kappa shape index (κ2) is 12.6. The molecule has 0 amide bonds. The fourth-order valence-corrected chi connectivity index (χ4v) is 4.27. The van der Waals surface area contributed by atoms with Crippen LogP contribution in [-0.2, 0) is 0 Å². The molecule has 2 heterocycles. The molecule has 2 fully saturated rings. The van der Waals surface area contributed by atoms with E-state index in [1.54, 1.807) is 7.11 Å². The number of methoxy groups -OCH3 is 1. The number of anilines is 1. The van der Waals surface area contributed by atoms with E-state index in [1.165, 1.54) is 38.0 Å². The van der Waals surface area contributed by atoms with Crippen LogP contribution in [0.15, 0.2) is 29.3 Å². The molecule has 168 valence electrons. The fourth-order valence-electron chi connectivity index (χ4n) is 4.27. The lowest BCUT2D eigenvalue weighted by Gasteiger charge is -2.36. The molecular formula is C23H40N6O. The Labute approximate surface area is 182 Å². The molecule has 0 aliphatic carbocycles. The molecule has 0 saturated carbocycles. The van der Waals surface area contributed by atoms with Crippen LogP contribution in [0.2, 0.25) is 0 Å². The molecule has 1 aromatic carbocycles.